The van der Waals surface area contributed by atoms with Crippen LogP contribution in [0.4, 0.5) is 8.78 Å². The van der Waals surface area contributed by atoms with Crippen molar-refractivity contribution in [1.29, 1.82) is 0 Å². The number of ether oxygens (including phenoxy) is 1. The molecule has 1 unspecified atom stereocenters. The summed E-state index contributed by atoms with van der Waals surface area (Å²) in [6.07, 6.45) is 5.28. The van der Waals surface area contributed by atoms with Gasteiger partial charge >= 0.3 is 5.97 Å². The van der Waals surface area contributed by atoms with E-state index < -0.39 is 18.3 Å². The van der Waals surface area contributed by atoms with Gasteiger partial charge in [0.05, 0.1) is 12.0 Å². The Bertz CT molecular complexity index is 1210. The molecule has 182 valence electrons. The molecule has 2 aromatic rings. The number of hydrogen-bond acceptors (Lipinski definition) is 3. The summed E-state index contributed by atoms with van der Waals surface area (Å²) < 4.78 is 31.4. The number of ketones is 1. The summed E-state index contributed by atoms with van der Waals surface area (Å²) in [5.74, 6) is 4.39. The molecule has 5 heteroatoms. The summed E-state index contributed by atoms with van der Waals surface area (Å²) in [4.78, 5) is 25.2. The van der Waals surface area contributed by atoms with Gasteiger partial charge in [-0.05, 0) is 97.4 Å². The van der Waals surface area contributed by atoms with Gasteiger partial charge in [-0.1, -0.05) is 24.8 Å². The van der Waals surface area contributed by atoms with Crippen molar-refractivity contribution in [3.8, 4) is 17.6 Å². The molecular weight excluding hydrogens is 446 g/mol. The Labute approximate surface area is 205 Å². The average Bonchev–Trinajstić information content (AvgIpc) is 3.13. The molecule has 2 aromatic carbocycles. The smallest absolute Gasteiger partial charge is 0.343 e. The Kier molecular flexibility index (Phi) is 6.03. The summed E-state index contributed by atoms with van der Waals surface area (Å²) >= 11 is 0. The van der Waals surface area contributed by atoms with Crippen LogP contribution in [0.25, 0.3) is 0 Å². The zero-order valence-corrected chi connectivity index (χ0v) is 20.2. The molecule has 2 saturated carbocycles. The zero-order valence-electron chi connectivity index (χ0n) is 20.2. The fraction of sp³-hybridized carbons (Fsp3) is 0.467. The highest BCUT2D eigenvalue weighted by Crippen LogP contribution is 2.59. The first-order valence-corrected chi connectivity index (χ1v) is 12.5. The number of hydrogen-bond donors (Lipinski definition) is 0. The molecule has 5 rings (SSSR count). The van der Waals surface area contributed by atoms with Gasteiger partial charge in [-0.2, -0.15) is 0 Å². The fourth-order valence-electron chi connectivity index (χ4n) is 6.55. The van der Waals surface area contributed by atoms with Crippen molar-refractivity contribution in [3.63, 3.8) is 0 Å². The van der Waals surface area contributed by atoms with Gasteiger partial charge in [0.1, 0.15) is 11.5 Å². The highest BCUT2D eigenvalue weighted by molar-refractivity contribution is 5.91. The van der Waals surface area contributed by atoms with E-state index in [9.17, 15) is 18.4 Å². The lowest BCUT2D eigenvalue weighted by molar-refractivity contribution is -0.129. The maximum atomic E-state index is 12.9. The molecule has 0 bridgehead atoms. The van der Waals surface area contributed by atoms with Gasteiger partial charge in [0.25, 0.3) is 5.92 Å². The average molecular weight is 477 g/mol. The Hall–Kier alpha value is -3.00. The molecule has 35 heavy (non-hydrogen) atoms. The number of fused-ring (bicyclic) bond motifs is 5. The molecule has 0 heterocycles. The minimum atomic E-state index is -2.82. The number of rotatable bonds is 3. The van der Waals surface area contributed by atoms with Crippen LogP contribution in [0.15, 0.2) is 42.5 Å². The fourth-order valence-corrected chi connectivity index (χ4v) is 6.55. The Balaban J connectivity index is 1.26. The SMILES string of the molecule is CC(F)(F)CC#Cc1ccc(C(=O)Oc2ccc3c(c2)CC[C@H]2C4CCC(=O)[C@@]4(C)CC[C@H]32)cc1. The van der Waals surface area contributed by atoms with E-state index in [2.05, 4.69) is 24.8 Å². The van der Waals surface area contributed by atoms with Crippen LogP contribution in [0.3, 0.4) is 0 Å². The quantitative estimate of drug-likeness (QED) is 0.280. The van der Waals surface area contributed by atoms with E-state index in [0.29, 0.717) is 40.4 Å². The van der Waals surface area contributed by atoms with Crippen LogP contribution in [-0.4, -0.2) is 17.7 Å². The Morgan fingerprint density at radius 1 is 1.11 bits per heavy atom. The standard InChI is InChI=1S/C30H30F2O3/c1-29-17-15-24-23-12-10-22(18-21(23)9-11-25(24)26(29)13-14-27(29)33)35-28(34)20-7-5-19(6-8-20)4-3-16-30(2,31)32/h5-8,10,12,18,24-26H,9,11,13-17H2,1-2H3/t24-,25-,26?,29+/m1/s1. The summed E-state index contributed by atoms with van der Waals surface area (Å²) in [5.41, 5.74) is 3.41. The van der Waals surface area contributed by atoms with Crippen molar-refractivity contribution in [1.82, 2.24) is 0 Å². The van der Waals surface area contributed by atoms with E-state index in [1.165, 1.54) is 11.1 Å². The maximum Gasteiger partial charge on any atom is 0.343 e. The number of carbonyl (C=O) groups is 2. The number of aryl methyl sites for hydroxylation is 1. The van der Waals surface area contributed by atoms with E-state index in [1.807, 2.05) is 12.1 Å². The third kappa shape index (κ3) is 4.63. The van der Waals surface area contributed by atoms with Crippen LogP contribution >= 0.6 is 0 Å². The maximum absolute atomic E-state index is 12.9. The van der Waals surface area contributed by atoms with Crippen molar-refractivity contribution in [3.05, 3.63) is 64.7 Å². The highest BCUT2D eigenvalue weighted by Gasteiger charge is 2.54. The second kappa shape index (κ2) is 8.90. The van der Waals surface area contributed by atoms with Gasteiger partial charge in [0.2, 0.25) is 0 Å². The van der Waals surface area contributed by atoms with Gasteiger partial charge in [-0.15, -0.1) is 0 Å². The van der Waals surface area contributed by atoms with Gasteiger partial charge < -0.3 is 4.74 Å². The van der Waals surface area contributed by atoms with Gasteiger partial charge in [-0.3, -0.25) is 4.79 Å². The van der Waals surface area contributed by atoms with Crippen LogP contribution in [0, 0.1) is 29.1 Å². The summed E-state index contributed by atoms with van der Waals surface area (Å²) in [5, 5.41) is 0. The third-order valence-corrected chi connectivity index (χ3v) is 8.37. The van der Waals surface area contributed by atoms with E-state index in [4.69, 9.17) is 4.74 Å². The van der Waals surface area contributed by atoms with E-state index >= 15 is 0 Å². The van der Waals surface area contributed by atoms with Crippen LogP contribution in [0.2, 0.25) is 0 Å². The lowest BCUT2D eigenvalue weighted by Crippen LogP contribution is -2.42. The number of esters is 1. The van der Waals surface area contributed by atoms with Crippen LogP contribution in [0.1, 0.15) is 85.3 Å². The normalized spacial score (nSPS) is 27.2. The zero-order chi connectivity index (χ0) is 24.8. The summed E-state index contributed by atoms with van der Waals surface area (Å²) in [6, 6.07) is 12.4. The molecule has 0 radical (unpaired) electrons. The minimum absolute atomic E-state index is 0.129. The number of halogens is 2. The molecule has 0 spiro atoms. The lowest BCUT2D eigenvalue weighted by atomic mass is 9.55. The molecule has 0 aliphatic heterocycles. The molecule has 0 amide bonds. The van der Waals surface area contributed by atoms with E-state index in [0.717, 1.165) is 45.4 Å². The highest BCUT2D eigenvalue weighted by atomic mass is 19.3. The molecule has 3 nitrogen and oxygen atoms in total. The van der Waals surface area contributed by atoms with Crippen molar-refractivity contribution < 1.29 is 23.1 Å². The number of alkyl halides is 2. The van der Waals surface area contributed by atoms with Crippen molar-refractivity contribution in [2.45, 2.75) is 70.6 Å². The number of Topliss-reactive ketones (excluding diaryl/α,β-unsaturated/α-hetero) is 1. The third-order valence-electron chi connectivity index (χ3n) is 8.37. The first-order valence-electron chi connectivity index (χ1n) is 12.5. The van der Waals surface area contributed by atoms with Crippen LogP contribution in [0.5, 0.6) is 5.75 Å². The van der Waals surface area contributed by atoms with Crippen molar-refractivity contribution in [2.75, 3.05) is 0 Å². The van der Waals surface area contributed by atoms with Gasteiger partial charge in [-0.25, -0.2) is 13.6 Å². The largest absolute Gasteiger partial charge is 0.423 e. The second-order valence-electron chi connectivity index (χ2n) is 10.7. The van der Waals surface area contributed by atoms with Crippen molar-refractivity contribution in [2.24, 2.45) is 17.3 Å². The molecule has 3 aliphatic carbocycles. The topological polar surface area (TPSA) is 43.4 Å². The minimum Gasteiger partial charge on any atom is -0.423 e. The van der Waals surface area contributed by atoms with E-state index in [1.54, 1.807) is 24.3 Å². The summed E-state index contributed by atoms with van der Waals surface area (Å²) in [6.45, 7) is 3.02. The Morgan fingerprint density at radius 3 is 2.63 bits per heavy atom. The molecule has 0 N–H and O–H groups in total. The van der Waals surface area contributed by atoms with Crippen LogP contribution in [-0.2, 0) is 11.2 Å². The molecule has 4 atom stereocenters. The number of benzene rings is 2. The van der Waals surface area contributed by atoms with Crippen LogP contribution < -0.4 is 4.74 Å². The van der Waals surface area contributed by atoms with E-state index in [-0.39, 0.29) is 5.41 Å². The van der Waals surface area contributed by atoms with Gasteiger partial charge in [0, 0.05) is 24.3 Å². The predicted octanol–water partition coefficient (Wildman–Crippen LogP) is 6.73. The molecule has 0 saturated heterocycles. The first kappa shape index (κ1) is 23.7. The first-order chi connectivity index (χ1) is 16.6. The molecular formula is C30H30F2O3. The molecule has 2 fully saturated rings. The van der Waals surface area contributed by atoms with Crippen molar-refractivity contribution >= 4 is 11.8 Å². The predicted molar refractivity (Wildman–Crippen MR) is 130 cm³/mol. The molecule has 3 aliphatic rings. The van der Waals surface area contributed by atoms with Gasteiger partial charge in [0.15, 0.2) is 0 Å². The monoisotopic (exact) mass is 476 g/mol. The summed E-state index contributed by atoms with van der Waals surface area (Å²) in [7, 11) is 0. The second-order valence-corrected chi connectivity index (χ2v) is 10.7. The Morgan fingerprint density at radius 2 is 1.89 bits per heavy atom. The lowest BCUT2D eigenvalue weighted by Gasteiger charge is -2.48. The number of carbonyl (C=O) groups excluding carboxylic acids is 2. The molecule has 0 aromatic heterocycles.